The van der Waals surface area contributed by atoms with E-state index in [4.69, 9.17) is 5.11 Å². The number of carbonyl (C=O) groups is 2. The first-order chi connectivity index (χ1) is 7.99. The average Bonchev–Trinajstić information content (AvgIpc) is 2.26. The van der Waals surface area contributed by atoms with Crippen molar-refractivity contribution >= 4 is 11.9 Å². The Morgan fingerprint density at radius 1 is 1.41 bits per heavy atom. The molecule has 1 aromatic rings. The summed E-state index contributed by atoms with van der Waals surface area (Å²) in [4.78, 5) is 21.6. The smallest absolute Gasteiger partial charge is 0.335 e. The maximum Gasteiger partial charge on any atom is 0.335 e. The van der Waals surface area contributed by atoms with Crippen LogP contribution in [0.5, 0.6) is 0 Å². The van der Waals surface area contributed by atoms with E-state index in [1.54, 1.807) is 18.2 Å². The van der Waals surface area contributed by atoms with Crippen LogP contribution in [0.3, 0.4) is 0 Å². The van der Waals surface area contributed by atoms with E-state index in [0.29, 0.717) is 5.56 Å². The van der Waals surface area contributed by atoms with Crippen molar-refractivity contribution in [1.82, 2.24) is 5.32 Å². The third-order valence-corrected chi connectivity index (χ3v) is 2.49. The molecule has 4 heteroatoms. The van der Waals surface area contributed by atoms with Gasteiger partial charge in [0, 0.05) is 13.0 Å². The quantitative estimate of drug-likeness (QED) is 0.818. The highest BCUT2D eigenvalue weighted by molar-refractivity contribution is 5.87. The largest absolute Gasteiger partial charge is 0.478 e. The molecule has 1 aromatic carbocycles. The van der Waals surface area contributed by atoms with E-state index in [-0.39, 0.29) is 11.9 Å². The van der Waals surface area contributed by atoms with Gasteiger partial charge in [0.1, 0.15) is 0 Å². The molecule has 0 bridgehead atoms. The first-order valence-electron chi connectivity index (χ1n) is 5.58. The second kappa shape index (κ2) is 6.03. The minimum atomic E-state index is -0.915. The van der Waals surface area contributed by atoms with E-state index in [9.17, 15) is 9.59 Å². The zero-order valence-electron chi connectivity index (χ0n) is 10.1. The van der Waals surface area contributed by atoms with E-state index in [0.717, 1.165) is 18.4 Å². The molecule has 0 aliphatic rings. The third kappa shape index (κ3) is 4.68. The molecule has 4 nitrogen and oxygen atoms in total. The molecular weight excluding hydrogens is 218 g/mol. The zero-order valence-corrected chi connectivity index (χ0v) is 10.1. The molecule has 0 saturated carbocycles. The summed E-state index contributed by atoms with van der Waals surface area (Å²) in [5, 5.41) is 11.6. The Morgan fingerprint density at radius 2 is 2.12 bits per heavy atom. The highest BCUT2D eigenvalue weighted by Crippen LogP contribution is 2.09. The normalized spacial score (nSPS) is 11.9. The molecule has 1 atom stereocenters. The molecule has 0 heterocycles. The van der Waals surface area contributed by atoms with Gasteiger partial charge in [-0.15, -0.1) is 0 Å². The molecule has 17 heavy (non-hydrogen) atoms. The number of amides is 1. The molecule has 0 fully saturated rings. The first kappa shape index (κ1) is 13.2. The van der Waals surface area contributed by atoms with Gasteiger partial charge in [0.05, 0.1) is 5.56 Å². The van der Waals surface area contributed by atoms with Gasteiger partial charge >= 0.3 is 5.97 Å². The second-order valence-corrected chi connectivity index (χ2v) is 4.15. The molecule has 0 aliphatic carbocycles. The van der Waals surface area contributed by atoms with Gasteiger partial charge in [-0.2, -0.15) is 0 Å². The van der Waals surface area contributed by atoms with Crippen LogP contribution >= 0.6 is 0 Å². The molecule has 0 aromatic heterocycles. The predicted molar refractivity (Wildman–Crippen MR) is 65.0 cm³/mol. The fourth-order valence-electron chi connectivity index (χ4n) is 1.66. The standard InChI is InChI=1S/C13H17NO3/c1-9(14-10(2)15)6-7-11-4-3-5-12(8-11)13(16)17/h3-5,8-9H,6-7H2,1-2H3,(H,14,15)(H,16,17)/t9-/m1/s1. The molecule has 0 spiro atoms. The lowest BCUT2D eigenvalue weighted by atomic mass is 10.0. The van der Waals surface area contributed by atoms with Crippen molar-refractivity contribution in [3.63, 3.8) is 0 Å². The van der Waals surface area contributed by atoms with Crippen LogP contribution in [-0.4, -0.2) is 23.0 Å². The summed E-state index contributed by atoms with van der Waals surface area (Å²) in [6, 6.07) is 6.97. The number of carbonyl (C=O) groups excluding carboxylic acids is 1. The van der Waals surface area contributed by atoms with E-state index >= 15 is 0 Å². The Hall–Kier alpha value is -1.84. The number of carboxylic acids is 1. The summed E-state index contributed by atoms with van der Waals surface area (Å²) in [5.41, 5.74) is 1.27. The first-order valence-corrected chi connectivity index (χ1v) is 5.58. The summed E-state index contributed by atoms with van der Waals surface area (Å²) >= 11 is 0. The number of hydrogen-bond donors (Lipinski definition) is 2. The van der Waals surface area contributed by atoms with Crippen LogP contribution < -0.4 is 5.32 Å². The van der Waals surface area contributed by atoms with Crippen LogP contribution in [0.2, 0.25) is 0 Å². The average molecular weight is 235 g/mol. The van der Waals surface area contributed by atoms with Gasteiger partial charge in [-0.25, -0.2) is 4.79 Å². The Kier molecular flexibility index (Phi) is 4.69. The highest BCUT2D eigenvalue weighted by atomic mass is 16.4. The lowest BCUT2D eigenvalue weighted by Crippen LogP contribution is -2.30. The molecule has 1 amide bonds. The molecule has 0 saturated heterocycles. The topological polar surface area (TPSA) is 66.4 Å². The maximum absolute atomic E-state index is 10.8. The number of nitrogens with one attached hydrogen (secondary N) is 1. The summed E-state index contributed by atoms with van der Waals surface area (Å²) in [6.45, 7) is 3.42. The van der Waals surface area contributed by atoms with Crippen LogP contribution in [-0.2, 0) is 11.2 Å². The number of aryl methyl sites for hydroxylation is 1. The third-order valence-electron chi connectivity index (χ3n) is 2.49. The van der Waals surface area contributed by atoms with Crippen LogP contribution in [0, 0.1) is 0 Å². The molecule has 1 rings (SSSR count). The van der Waals surface area contributed by atoms with E-state index in [1.165, 1.54) is 6.92 Å². The molecule has 0 aliphatic heterocycles. The van der Waals surface area contributed by atoms with Crippen molar-refractivity contribution < 1.29 is 14.7 Å². The minimum absolute atomic E-state index is 0.0446. The SMILES string of the molecule is CC(=O)N[C@H](C)CCc1cccc(C(=O)O)c1. The maximum atomic E-state index is 10.8. The van der Waals surface area contributed by atoms with Crippen LogP contribution in [0.1, 0.15) is 36.2 Å². The van der Waals surface area contributed by atoms with Crippen molar-refractivity contribution in [3.8, 4) is 0 Å². The molecule has 2 N–H and O–H groups in total. The van der Waals surface area contributed by atoms with E-state index < -0.39 is 5.97 Å². The van der Waals surface area contributed by atoms with E-state index in [1.807, 2.05) is 13.0 Å². The fourth-order valence-corrected chi connectivity index (χ4v) is 1.66. The van der Waals surface area contributed by atoms with Gasteiger partial charge < -0.3 is 10.4 Å². The number of benzene rings is 1. The van der Waals surface area contributed by atoms with Crippen molar-refractivity contribution in [2.24, 2.45) is 0 Å². The van der Waals surface area contributed by atoms with Gasteiger partial charge in [-0.1, -0.05) is 12.1 Å². The summed E-state index contributed by atoms with van der Waals surface area (Å²) in [6.07, 6.45) is 1.55. The Balaban J connectivity index is 2.54. The van der Waals surface area contributed by atoms with Crippen molar-refractivity contribution in [2.45, 2.75) is 32.7 Å². The Bertz CT molecular complexity index is 415. The monoisotopic (exact) mass is 235 g/mol. The Morgan fingerprint density at radius 3 is 2.71 bits per heavy atom. The Labute approximate surface area is 101 Å². The van der Waals surface area contributed by atoms with Crippen LogP contribution in [0.15, 0.2) is 24.3 Å². The van der Waals surface area contributed by atoms with Crippen LogP contribution in [0.25, 0.3) is 0 Å². The molecule has 92 valence electrons. The second-order valence-electron chi connectivity index (χ2n) is 4.15. The zero-order chi connectivity index (χ0) is 12.8. The summed E-state index contributed by atoms with van der Waals surface area (Å²) in [5.74, 6) is -0.960. The number of hydrogen-bond acceptors (Lipinski definition) is 2. The molecule has 0 radical (unpaired) electrons. The number of aromatic carboxylic acids is 1. The van der Waals surface area contributed by atoms with Gasteiger partial charge in [0.2, 0.25) is 5.91 Å². The number of rotatable bonds is 5. The predicted octanol–water partition coefficient (Wildman–Crippen LogP) is 1.84. The van der Waals surface area contributed by atoms with Crippen LogP contribution in [0.4, 0.5) is 0 Å². The number of carboxylic acid groups (broad SMARTS) is 1. The highest BCUT2D eigenvalue weighted by Gasteiger charge is 2.06. The minimum Gasteiger partial charge on any atom is -0.478 e. The fraction of sp³-hybridized carbons (Fsp3) is 0.385. The van der Waals surface area contributed by atoms with Gasteiger partial charge in [0.15, 0.2) is 0 Å². The summed E-state index contributed by atoms with van der Waals surface area (Å²) in [7, 11) is 0. The lowest BCUT2D eigenvalue weighted by Gasteiger charge is -2.12. The van der Waals surface area contributed by atoms with Crippen molar-refractivity contribution in [1.29, 1.82) is 0 Å². The summed E-state index contributed by atoms with van der Waals surface area (Å²) < 4.78 is 0. The van der Waals surface area contributed by atoms with E-state index in [2.05, 4.69) is 5.32 Å². The molecule has 0 unspecified atom stereocenters. The van der Waals surface area contributed by atoms with Crippen molar-refractivity contribution in [3.05, 3.63) is 35.4 Å². The van der Waals surface area contributed by atoms with Gasteiger partial charge in [0.25, 0.3) is 0 Å². The van der Waals surface area contributed by atoms with Gasteiger partial charge in [-0.3, -0.25) is 4.79 Å². The molecular formula is C13H17NO3. The van der Waals surface area contributed by atoms with Gasteiger partial charge in [-0.05, 0) is 37.5 Å². The lowest BCUT2D eigenvalue weighted by molar-refractivity contribution is -0.119. The van der Waals surface area contributed by atoms with Crippen molar-refractivity contribution in [2.75, 3.05) is 0 Å².